The van der Waals surface area contributed by atoms with Gasteiger partial charge in [0, 0.05) is 12.1 Å². The van der Waals surface area contributed by atoms with Crippen LogP contribution in [-0.2, 0) is 11.3 Å². The van der Waals surface area contributed by atoms with E-state index in [1.54, 1.807) is 0 Å². The molecular weight excluding hydrogens is 366 g/mol. The van der Waals surface area contributed by atoms with Crippen molar-refractivity contribution in [1.29, 1.82) is 0 Å². The molecule has 1 N–H and O–H groups in total. The van der Waals surface area contributed by atoms with Crippen LogP contribution in [-0.4, -0.2) is 28.9 Å². The average Bonchev–Trinajstić information content (AvgIpc) is 2.86. The summed E-state index contributed by atoms with van der Waals surface area (Å²) in [5.74, 6) is 1.61. The Morgan fingerprint density at radius 1 is 1.14 bits per heavy atom. The third-order valence-corrected chi connectivity index (χ3v) is 5.73. The normalized spacial score (nSPS) is 15.7. The Morgan fingerprint density at radius 2 is 1.83 bits per heavy atom. The molecule has 0 saturated heterocycles. The molecule has 1 amide bonds. The van der Waals surface area contributed by atoms with Crippen LogP contribution in [0.1, 0.15) is 55.7 Å². The fourth-order valence-electron chi connectivity index (χ4n) is 3.61. The second-order valence-electron chi connectivity index (χ2n) is 8.37. The summed E-state index contributed by atoms with van der Waals surface area (Å²) < 4.78 is 13.5. The van der Waals surface area contributed by atoms with E-state index in [9.17, 15) is 4.79 Å². The fraction of sp³-hybridized carbons (Fsp3) is 0.565. The van der Waals surface area contributed by atoms with Crippen molar-refractivity contribution in [2.24, 2.45) is 11.8 Å². The molecule has 2 heterocycles. The van der Waals surface area contributed by atoms with E-state index in [0.717, 1.165) is 34.9 Å². The SMILES string of the molecule is Cc1nn(C[C@@H](C)C(=O)N[C@@H](c2ccc3c(c2)OCCCO3)C(C)C)c(C)c1C. The number of aromatic nitrogens is 2. The number of fused-ring (bicyclic) bond motifs is 1. The van der Waals surface area contributed by atoms with Crippen LogP contribution in [0.3, 0.4) is 0 Å². The molecule has 29 heavy (non-hydrogen) atoms. The number of aryl methyl sites for hydroxylation is 1. The zero-order valence-electron chi connectivity index (χ0n) is 18.4. The molecule has 1 aromatic carbocycles. The predicted molar refractivity (Wildman–Crippen MR) is 113 cm³/mol. The molecule has 0 radical (unpaired) electrons. The van der Waals surface area contributed by atoms with Crippen LogP contribution in [0.4, 0.5) is 0 Å². The molecular formula is C23H33N3O3. The molecule has 0 aliphatic carbocycles. The number of nitrogens with zero attached hydrogens (tertiary/aromatic N) is 2. The van der Waals surface area contributed by atoms with Gasteiger partial charge in [0.15, 0.2) is 11.5 Å². The van der Waals surface area contributed by atoms with Gasteiger partial charge < -0.3 is 14.8 Å². The second-order valence-corrected chi connectivity index (χ2v) is 8.37. The molecule has 1 aliphatic heterocycles. The predicted octanol–water partition coefficient (Wildman–Crippen LogP) is 4.12. The lowest BCUT2D eigenvalue weighted by molar-refractivity contribution is -0.126. The van der Waals surface area contributed by atoms with E-state index >= 15 is 0 Å². The van der Waals surface area contributed by atoms with Crippen LogP contribution in [0.5, 0.6) is 11.5 Å². The highest BCUT2D eigenvalue weighted by molar-refractivity contribution is 5.78. The van der Waals surface area contributed by atoms with Gasteiger partial charge in [-0.1, -0.05) is 26.8 Å². The molecule has 0 bridgehead atoms. The molecule has 1 aromatic heterocycles. The maximum Gasteiger partial charge on any atom is 0.225 e. The second kappa shape index (κ2) is 8.89. The van der Waals surface area contributed by atoms with Gasteiger partial charge in [0.05, 0.1) is 37.4 Å². The summed E-state index contributed by atoms with van der Waals surface area (Å²) in [6.45, 7) is 14.2. The van der Waals surface area contributed by atoms with Crippen LogP contribution in [0.15, 0.2) is 18.2 Å². The monoisotopic (exact) mass is 399 g/mol. The summed E-state index contributed by atoms with van der Waals surface area (Å²) in [7, 11) is 0. The number of ether oxygens (including phenoxy) is 2. The van der Waals surface area contributed by atoms with E-state index in [-0.39, 0.29) is 23.8 Å². The Labute approximate surface area is 173 Å². The van der Waals surface area contributed by atoms with Crippen LogP contribution in [0.25, 0.3) is 0 Å². The minimum absolute atomic E-state index is 0.0287. The average molecular weight is 400 g/mol. The zero-order valence-corrected chi connectivity index (χ0v) is 18.4. The molecule has 1 aliphatic rings. The number of benzene rings is 1. The van der Waals surface area contributed by atoms with Gasteiger partial charge in [0.25, 0.3) is 0 Å². The molecule has 0 saturated carbocycles. The minimum Gasteiger partial charge on any atom is -0.490 e. The smallest absolute Gasteiger partial charge is 0.225 e. The van der Waals surface area contributed by atoms with Gasteiger partial charge in [-0.3, -0.25) is 9.48 Å². The van der Waals surface area contributed by atoms with Crippen molar-refractivity contribution in [3.63, 3.8) is 0 Å². The minimum atomic E-state index is -0.186. The summed E-state index contributed by atoms with van der Waals surface area (Å²) in [5, 5.41) is 7.81. The molecule has 3 rings (SSSR count). The molecule has 2 aromatic rings. The summed E-state index contributed by atoms with van der Waals surface area (Å²) in [6, 6.07) is 5.87. The van der Waals surface area contributed by atoms with E-state index in [1.165, 1.54) is 5.56 Å². The molecule has 158 valence electrons. The van der Waals surface area contributed by atoms with Crippen LogP contribution in [0.2, 0.25) is 0 Å². The maximum atomic E-state index is 13.0. The van der Waals surface area contributed by atoms with Crippen molar-refractivity contribution in [1.82, 2.24) is 15.1 Å². The van der Waals surface area contributed by atoms with Gasteiger partial charge >= 0.3 is 0 Å². The fourth-order valence-corrected chi connectivity index (χ4v) is 3.61. The standard InChI is InChI=1S/C23H33N3O3/c1-14(2)22(19-8-9-20-21(12-19)29-11-7-10-28-20)24-23(27)15(3)13-26-18(6)16(4)17(5)25-26/h8-9,12,14-15,22H,7,10-11,13H2,1-6H3,(H,24,27)/t15-,22-/m1/s1. The first-order valence-electron chi connectivity index (χ1n) is 10.5. The van der Waals surface area contributed by atoms with Crippen molar-refractivity contribution in [3.8, 4) is 11.5 Å². The topological polar surface area (TPSA) is 65.4 Å². The van der Waals surface area contributed by atoms with Crippen molar-refractivity contribution in [2.75, 3.05) is 13.2 Å². The van der Waals surface area contributed by atoms with Gasteiger partial charge in [-0.25, -0.2) is 0 Å². The van der Waals surface area contributed by atoms with Crippen LogP contribution < -0.4 is 14.8 Å². The van der Waals surface area contributed by atoms with E-state index in [4.69, 9.17) is 9.47 Å². The lowest BCUT2D eigenvalue weighted by Crippen LogP contribution is -2.37. The largest absolute Gasteiger partial charge is 0.490 e. The van der Waals surface area contributed by atoms with Gasteiger partial charge in [0.2, 0.25) is 5.91 Å². The number of carbonyl (C=O) groups is 1. The number of nitrogens with one attached hydrogen (secondary N) is 1. The van der Waals surface area contributed by atoms with Gasteiger partial charge in [-0.05, 0) is 49.9 Å². The zero-order chi connectivity index (χ0) is 21.1. The molecule has 0 unspecified atom stereocenters. The molecule has 2 atom stereocenters. The summed E-state index contributed by atoms with van der Waals surface area (Å²) in [4.78, 5) is 13.0. The van der Waals surface area contributed by atoms with Crippen molar-refractivity contribution in [2.45, 2.75) is 60.5 Å². The van der Waals surface area contributed by atoms with E-state index in [2.05, 4.69) is 38.1 Å². The number of amides is 1. The lowest BCUT2D eigenvalue weighted by Gasteiger charge is -2.25. The molecule has 0 fully saturated rings. The van der Waals surface area contributed by atoms with E-state index in [0.29, 0.717) is 19.8 Å². The molecule has 6 heteroatoms. The number of carbonyl (C=O) groups excluding carboxylic acids is 1. The van der Waals surface area contributed by atoms with E-state index < -0.39 is 0 Å². The van der Waals surface area contributed by atoms with E-state index in [1.807, 2.05) is 36.7 Å². The van der Waals surface area contributed by atoms with Crippen molar-refractivity contribution >= 4 is 5.91 Å². The third-order valence-electron chi connectivity index (χ3n) is 5.73. The highest BCUT2D eigenvalue weighted by Gasteiger charge is 2.24. The van der Waals surface area contributed by atoms with Gasteiger partial charge in [-0.15, -0.1) is 0 Å². The van der Waals surface area contributed by atoms with Crippen LogP contribution >= 0.6 is 0 Å². The Bertz CT molecular complexity index is 872. The van der Waals surface area contributed by atoms with Crippen molar-refractivity contribution in [3.05, 3.63) is 40.7 Å². The first-order valence-corrected chi connectivity index (χ1v) is 10.5. The first kappa shape index (κ1) is 21.2. The summed E-state index contributed by atoms with van der Waals surface area (Å²) in [6.07, 6.45) is 0.873. The highest BCUT2D eigenvalue weighted by atomic mass is 16.5. The summed E-state index contributed by atoms with van der Waals surface area (Å²) in [5.41, 5.74) is 4.35. The Hall–Kier alpha value is -2.50. The third kappa shape index (κ3) is 4.74. The molecule has 0 spiro atoms. The number of hydrogen-bond donors (Lipinski definition) is 1. The Morgan fingerprint density at radius 3 is 2.45 bits per heavy atom. The maximum absolute atomic E-state index is 13.0. The number of hydrogen-bond acceptors (Lipinski definition) is 4. The quantitative estimate of drug-likeness (QED) is 0.794. The lowest BCUT2D eigenvalue weighted by atomic mass is 9.94. The van der Waals surface area contributed by atoms with Gasteiger partial charge in [-0.2, -0.15) is 5.10 Å². The first-order chi connectivity index (χ1) is 13.8. The Balaban J connectivity index is 1.73. The number of rotatable bonds is 6. The van der Waals surface area contributed by atoms with Crippen LogP contribution in [0, 0.1) is 32.6 Å². The Kier molecular flexibility index (Phi) is 6.50. The molecule has 6 nitrogen and oxygen atoms in total. The van der Waals surface area contributed by atoms with Gasteiger partial charge in [0.1, 0.15) is 0 Å². The highest BCUT2D eigenvalue weighted by Crippen LogP contribution is 2.34. The van der Waals surface area contributed by atoms with Crippen molar-refractivity contribution < 1.29 is 14.3 Å². The summed E-state index contributed by atoms with van der Waals surface area (Å²) >= 11 is 0.